The fraction of sp³-hybridized carbons (Fsp3) is 0.429. The van der Waals surface area contributed by atoms with Crippen molar-refractivity contribution in [3.8, 4) is 12.0 Å². The minimum Gasteiger partial charge on any atom is -0.387 e. The monoisotopic (exact) mass is 830 g/mol. The maximum Gasteiger partial charge on any atom is 0.333 e. The highest BCUT2D eigenvalue weighted by Gasteiger charge is 2.28. The van der Waals surface area contributed by atoms with Crippen LogP contribution in [0.2, 0.25) is 0 Å². The van der Waals surface area contributed by atoms with Crippen molar-refractivity contribution >= 4 is 31.8 Å². The lowest BCUT2D eigenvalue weighted by Crippen LogP contribution is -2.35. The molecule has 4 aromatic rings. The maximum atomic E-state index is 12.7. The van der Waals surface area contributed by atoms with Crippen LogP contribution in [0.5, 0.6) is 5.75 Å². The summed E-state index contributed by atoms with van der Waals surface area (Å²) in [6, 6.07) is 8.34. The van der Waals surface area contributed by atoms with Crippen LogP contribution in [0.3, 0.4) is 0 Å². The van der Waals surface area contributed by atoms with Crippen molar-refractivity contribution in [1.82, 2.24) is 13.9 Å². The van der Waals surface area contributed by atoms with Gasteiger partial charge in [-0.2, -0.15) is 0 Å². The van der Waals surface area contributed by atoms with Gasteiger partial charge in [0.1, 0.15) is 10.6 Å². The van der Waals surface area contributed by atoms with Gasteiger partial charge in [0.25, 0.3) is 27.4 Å². The molecule has 0 saturated carbocycles. The predicted molar refractivity (Wildman–Crippen MR) is 220 cm³/mol. The predicted octanol–water partition coefficient (Wildman–Crippen LogP) is 5.52. The topological polar surface area (TPSA) is 212 Å². The van der Waals surface area contributed by atoms with E-state index >= 15 is 0 Å². The lowest BCUT2D eigenvalue weighted by Gasteiger charge is -2.17. The number of urea groups is 1. The molecule has 0 bridgehead atoms. The van der Waals surface area contributed by atoms with Crippen molar-refractivity contribution < 1.29 is 26.4 Å². The molecule has 0 aliphatic heterocycles. The molecule has 14 nitrogen and oxygen atoms in total. The SMILES string of the molecule is CC(C)n1cc(S(=O)(=O)NC(=O)Nc2c3c(cc4c2CCC4)CCC3)ccc1=O.CC(C)n1cc(S(N)(=O)=O)ccc1=O.N#COc1c2c(cc3c1CCC3)CCC2. The van der Waals surface area contributed by atoms with E-state index in [0.717, 1.165) is 86.8 Å². The van der Waals surface area contributed by atoms with Crippen LogP contribution in [-0.2, 0) is 71.4 Å². The molecule has 2 heterocycles. The first-order valence-corrected chi connectivity index (χ1v) is 22.7. The highest BCUT2D eigenvalue weighted by molar-refractivity contribution is 7.90. The number of anilines is 1. The number of aryl methyl sites for hydroxylation is 4. The van der Waals surface area contributed by atoms with E-state index in [1.54, 1.807) is 27.7 Å². The van der Waals surface area contributed by atoms with E-state index in [9.17, 15) is 31.2 Å². The highest BCUT2D eigenvalue weighted by atomic mass is 32.2. The molecular formula is C42H50N6O8S2. The van der Waals surface area contributed by atoms with Crippen molar-refractivity contribution in [2.45, 2.75) is 127 Å². The summed E-state index contributed by atoms with van der Waals surface area (Å²) < 4.78 is 57.3. The third-order valence-corrected chi connectivity index (χ3v) is 13.3. The quantitative estimate of drug-likeness (QED) is 0.200. The zero-order valence-electron chi connectivity index (χ0n) is 33.3. The summed E-state index contributed by atoms with van der Waals surface area (Å²) in [6.45, 7) is 7.14. The number of rotatable bonds is 7. The molecule has 4 N–H and O–H groups in total. The Bertz CT molecular complexity index is 2580. The van der Waals surface area contributed by atoms with Crippen LogP contribution >= 0.6 is 0 Å². The fourth-order valence-corrected chi connectivity index (χ4v) is 9.75. The first-order valence-electron chi connectivity index (χ1n) is 19.7. The first-order chi connectivity index (χ1) is 27.5. The summed E-state index contributed by atoms with van der Waals surface area (Å²) in [5.41, 5.74) is 10.5. The van der Waals surface area contributed by atoms with Gasteiger partial charge in [-0.3, -0.25) is 9.59 Å². The number of carbonyl (C=O) groups excluding carboxylic acids is 1. The Kier molecular flexibility index (Phi) is 12.6. The molecule has 0 saturated heterocycles. The summed E-state index contributed by atoms with van der Waals surface area (Å²) in [4.78, 5) is 35.6. The molecular weight excluding hydrogens is 781 g/mol. The van der Waals surface area contributed by atoms with Crippen LogP contribution in [0.4, 0.5) is 10.5 Å². The Labute approximate surface area is 339 Å². The summed E-state index contributed by atoms with van der Waals surface area (Å²) in [5.74, 6) is 0.903. The van der Waals surface area contributed by atoms with E-state index in [4.69, 9.17) is 15.1 Å². The number of hydrogen-bond acceptors (Lipinski definition) is 9. The number of primary sulfonamides is 1. The average Bonchev–Trinajstić information content (AvgIpc) is 3.99. The Hall–Kier alpha value is -5.24. The van der Waals surface area contributed by atoms with Crippen LogP contribution in [0, 0.1) is 11.5 Å². The van der Waals surface area contributed by atoms with Gasteiger partial charge < -0.3 is 19.2 Å². The number of aromatic nitrogens is 2. The number of ether oxygens (including phenoxy) is 1. The Morgan fingerprint density at radius 2 is 1.10 bits per heavy atom. The van der Waals surface area contributed by atoms with Gasteiger partial charge in [0.05, 0.1) is 4.90 Å². The van der Waals surface area contributed by atoms with Gasteiger partial charge in [-0.15, -0.1) is 5.26 Å². The minimum absolute atomic E-state index is 0.0502. The number of carbonyl (C=O) groups is 1. The molecule has 4 aliphatic carbocycles. The number of benzene rings is 2. The molecule has 0 radical (unpaired) electrons. The maximum absolute atomic E-state index is 12.7. The van der Waals surface area contributed by atoms with Crippen molar-refractivity contribution in [3.63, 3.8) is 0 Å². The second-order valence-corrected chi connectivity index (χ2v) is 18.9. The Morgan fingerprint density at radius 1 is 0.690 bits per heavy atom. The molecule has 16 heteroatoms. The molecule has 4 aliphatic rings. The zero-order valence-corrected chi connectivity index (χ0v) is 34.9. The summed E-state index contributed by atoms with van der Waals surface area (Å²) in [6.07, 6.45) is 17.1. The van der Waals surface area contributed by atoms with Crippen LogP contribution < -0.4 is 31.0 Å². The molecule has 0 atom stereocenters. The van der Waals surface area contributed by atoms with E-state index in [-0.39, 0.29) is 33.0 Å². The van der Waals surface area contributed by atoms with E-state index < -0.39 is 26.1 Å². The smallest absolute Gasteiger partial charge is 0.333 e. The van der Waals surface area contributed by atoms with Crippen LogP contribution in [0.25, 0.3) is 0 Å². The van der Waals surface area contributed by atoms with E-state index in [0.29, 0.717) is 0 Å². The lowest BCUT2D eigenvalue weighted by molar-refractivity contribution is 0.256. The number of nitrogens with one attached hydrogen (secondary N) is 2. The average molecular weight is 831 g/mol. The summed E-state index contributed by atoms with van der Waals surface area (Å²) in [7, 11) is -7.84. The van der Waals surface area contributed by atoms with Crippen molar-refractivity contribution in [3.05, 3.63) is 114 Å². The number of amides is 2. The molecule has 2 aromatic carbocycles. The van der Waals surface area contributed by atoms with Gasteiger partial charge in [-0.25, -0.2) is 31.5 Å². The van der Waals surface area contributed by atoms with Crippen LogP contribution in [0.15, 0.2) is 68.2 Å². The van der Waals surface area contributed by atoms with E-state index in [1.807, 2.05) is 6.26 Å². The summed E-state index contributed by atoms with van der Waals surface area (Å²) in [5, 5.41) is 16.5. The van der Waals surface area contributed by atoms with E-state index in [2.05, 4.69) is 22.2 Å². The van der Waals surface area contributed by atoms with Crippen LogP contribution in [0.1, 0.15) is 110 Å². The number of nitrogens with two attached hydrogens (primary N) is 1. The normalized spacial score (nSPS) is 14.9. The van der Waals surface area contributed by atoms with Gasteiger partial charge in [0.2, 0.25) is 10.0 Å². The Balaban J connectivity index is 0.000000164. The van der Waals surface area contributed by atoms with Crippen LogP contribution in [-0.4, -0.2) is 32.0 Å². The molecule has 8 rings (SSSR count). The molecule has 2 amide bonds. The van der Waals surface area contributed by atoms with Crippen molar-refractivity contribution in [2.24, 2.45) is 5.14 Å². The number of pyridine rings is 2. The second-order valence-electron chi connectivity index (χ2n) is 15.6. The number of sulfonamides is 2. The number of hydrogen-bond donors (Lipinski definition) is 3. The van der Waals surface area contributed by atoms with E-state index in [1.165, 1.54) is 92.0 Å². The van der Waals surface area contributed by atoms with Gasteiger partial charge in [-0.05, 0) is 161 Å². The molecule has 0 unspecified atom stereocenters. The first kappa shape index (κ1) is 42.4. The third kappa shape index (κ3) is 9.22. The largest absolute Gasteiger partial charge is 0.387 e. The molecule has 58 heavy (non-hydrogen) atoms. The highest BCUT2D eigenvalue weighted by Crippen LogP contribution is 2.40. The minimum atomic E-state index is -4.10. The third-order valence-electron chi connectivity index (χ3n) is 11.1. The van der Waals surface area contributed by atoms with Gasteiger partial charge in [-0.1, -0.05) is 12.1 Å². The second kappa shape index (κ2) is 17.3. The van der Waals surface area contributed by atoms with Gasteiger partial charge >= 0.3 is 6.03 Å². The lowest BCUT2D eigenvalue weighted by atomic mass is 9.99. The molecule has 308 valence electrons. The van der Waals surface area contributed by atoms with Crippen molar-refractivity contribution in [2.75, 3.05) is 5.32 Å². The van der Waals surface area contributed by atoms with Crippen molar-refractivity contribution in [1.29, 1.82) is 5.26 Å². The standard InChI is InChI=1S/C21H25N3O4S.C13H13NO.C8H12N2O3S/c1-13(2)24-12-16(9-10-19(24)25)29(27,28)23-21(26)22-20-17-7-3-5-14(17)11-15-6-4-8-18(15)20;14-8-15-13-11-5-1-3-9(11)7-10-4-2-6-12(10)13;1-6(2)10-5-7(14(9,12)13)3-4-8(10)11/h9-13H,3-8H2,1-2H3,(H2,22,23,26);7H,1-6H2;3-6H,1-2H3,(H2,9,12,13). The number of nitrogens with zero attached hydrogens (tertiary/aromatic N) is 3. The Morgan fingerprint density at radius 3 is 1.53 bits per heavy atom. The zero-order chi connectivity index (χ0) is 41.9. The molecule has 2 aromatic heterocycles. The van der Waals surface area contributed by atoms with Gasteiger partial charge in [0.15, 0.2) is 0 Å². The fourth-order valence-electron chi connectivity index (χ4n) is 8.32. The number of fused-ring (bicyclic) bond motifs is 4. The number of nitriles is 1. The summed E-state index contributed by atoms with van der Waals surface area (Å²) >= 11 is 0. The molecule has 0 fully saturated rings. The van der Waals surface area contributed by atoms with Gasteiger partial charge in [0, 0.05) is 42.3 Å². The molecule has 0 spiro atoms.